The number of para-hydroxylation sites is 4. The zero-order valence-corrected chi connectivity index (χ0v) is 23.9. The average molecular weight is 578 g/mol. The molecular formula is C39H23N5O. The maximum absolute atomic E-state index is 6.33. The van der Waals surface area contributed by atoms with Crippen molar-refractivity contribution in [2.45, 2.75) is 0 Å². The summed E-state index contributed by atoms with van der Waals surface area (Å²) in [7, 11) is 0. The van der Waals surface area contributed by atoms with Crippen LogP contribution in [0.5, 0.6) is 0 Å². The third-order valence-electron chi connectivity index (χ3n) is 8.98. The van der Waals surface area contributed by atoms with Crippen LogP contribution in [0.3, 0.4) is 0 Å². The van der Waals surface area contributed by atoms with Gasteiger partial charge < -0.3 is 8.98 Å². The highest BCUT2D eigenvalue weighted by Crippen LogP contribution is 2.44. The van der Waals surface area contributed by atoms with E-state index in [0.717, 1.165) is 71.6 Å². The Morgan fingerprint density at radius 2 is 1.07 bits per heavy atom. The van der Waals surface area contributed by atoms with Crippen LogP contribution in [0, 0.1) is 0 Å². The van der Waals surface area contributed by atoms with Crippen molar-refractivity contribution < 1.29 is 4.42 Å². The topological polar surface area (TPSA) is 61.7 Å². The van der Waals surface area contributed by atoms with Crippen molar-refractivity contribution >= 4 is 65.6 Å². The fourth-order valence-electron chi connectivity index (χ4n) is 7.24. The lowest BCUT2D eigenvalue weighted by Crippen LogP contribution is -2.01. The lowest BCUT2D eigenvalue weighted by Gasteiger charge is -2.14. The number of nitrogens with zero attached hydrogens (tertiary/aromatic N) is 5. The molecule has 0 unspecified atom stereocenters. The van der Waals surface area contributed by atoms with E-state index in [-0.39, 0.29) is 0 Å². The van der Waals surface area contributed by atoms with Gasteiger partial charge in [0.05, 0.1) is 27.8 Å². The third kappa shape index (κ3) is 3.30. The molecule has 6 nitrogen and oxygen atoms in total. The molecule has 0 saturated heterocycles. The predicted molar refractivity (Wildman–Crippen MR) is 181 cm³/mol. The van der Waals surface area contributed by atoms with E-state index in [4.69, 9.17) is 4.42 Å². The first-order valence-corrected chi connectivity index (χ1v) is 14.9. The van der Waals surface area contributed by atoms with Gasteiger partial charge in [0.1, 0.15) is 23.8 Å². The second kappa shape index (κ2) is 9.11. The average Bonchev–Trinajstić information content (AvgIpc) is 3.76. The number of aromatic nitrogens is 5. The summed E-state index contributed by atoms with van der Waals surface area (Å²) >= 11 is 0. The summed E-state index contributed by atoms with van der Waals surface area (Å²) in [4.78, 5) is 13.2. The van der Waals surface area contributed by atoms with Crippen LogP contribution in [0.2, 0.25) is 0 Å². The van der Waals surface area contributed by atoms with Crippen LogP contribution in [0.1, 0.15) is 0 Å². The lowest BCUT2D eigenvalue weighted by molar-refractivity contribution is 0.669. The van der Waals surface area contributed by atoms with Gasteiger partial charge in [-0.25, -0.2) is 15.0 Å². The molecule has 10 rings (SSSR count). The fourth-order valence-corrected chi connectivity index (χ4v) is 7.24. The quantitative estimate of drug-likeness (QED) is 0.210. The largest absolute Gasteiger partial charge is 0.456 e. The first-order chi connectivity index (χ1) is 22.4. The second-order valence-corrected chi connectivity index (χ2v) is 11.3. The van der Waals surface area contributed by atoms with Gasteiger partial charge in [0, 0.05) is 37.9 Å². The third-order valence-corrected chi connectivity index (χ3v) is 8.98. The molecule has 0 aliphatic rings. The Kier molecular flexibility index (Phi) is 4.90. The molecule has 0 amide bonds. The second-order valence-electron chi connectivity index (χ2n) is 11.3. The molecular weight excluding hydrogens is 554 g/mol. The van der Waals surface area contributed by atoms with E-state index in [9.17, 15) is 0 Å². The van der Waals surface area contributed by atoms with Crippen LogP contribution in [-0.2, 0) is 0 Å². The number of rotatable bonds is 3. The Labute approximate surface area is 256 Å². The van der Waals surface area contributed by atoms with E-state index in [2.05, 4.69) is 139 Å². The minimum atomic E-state index is 0.592. The van der Waals surface area contributed by atoms with Crippen molar-refractivity contribution in [3.05, 3.63) is 140 Å². The highest BCUT2D eigenvalue weighted by molar-refractivity contribution is 6.21. The molecule has 210 valence electrons. The molecule has 10 aromatic rings. The van der Waals surface area contributed by atoms with Crippen LogP contribution in [0.25, 0.3) is 88.3 Å². The molecule has 0 saturated carbocycles. The SMILES string of the molecule is c1ccc2c(c1)oc1cccc(-c3cccc4c5ccccc5n(-c5cccc6c5c5ccccc5n6-c5ncncn5)c34)c12. The molecule has 0 N–H and O–H groups in total. The Morgan fingerprint density at radius 1 is 0.444 bits per heavy atom. The molecule has 0 spiro atoms. The van der Waals surface area contributed by atoms with Gasteiger partial charge in [-0.05, 0) is 42.0 Å². The van der Waals surface area contributed by atoms with E-state index in [1.54, 1.807) is 12.7 Å². The van der Waals surface area contributed by atoms with Crippen molar-refractivity contribution in [3.63, 3.8) is 0 Å². The van der Waals surface area contributed by atoms with E-state index in [0.29, 0.717) is 5.95 Å². The van der Waals surface area contributed by atoms with Gasteiger partial charge in [-0.1, -0.05) is 91.0 Å². The molecule has 4 heterocycles. The minimum Gasteiger partial charge on any atom is -0.456 e. The summed E-state index contributed by atoms with van der Waals surface area (Å²) in [6.45, 7) is 0. The maximum atomic E-state index is 6.33. The van der Waals surface area contributed by atoms with Gasteiger partial charge in [0.2, 0.25) is 5.95 Å². The van der Waals surface area contributed by atoms with Crippen LogP contribution in [-0.4, -0.2) is 24.1 Å². The van der Waals surface area contributed by atoms with Crippen LogP contribution in [0.15, 0.2) is 144 Å². The van der Waals surface area contributed by atoms with Crippen LogP contribution < -0.4 is 0 Å². The predicted octanol–water partition coefficient (Wildman–Crippen LogP) is 9.63. The van der Waals surface area contributed by atoms with E-state index >= 15 is 0 Å². The number of hydrogen-bond donors (Lipinski definition) is 0. The van der Waals surface area contributed by atoms with Crippen molar-refractivity contribution in [1.82, 2.24) is 24.1 Å². The summed E-state index contributed by atoms with van der Waals surface area (Å²) in [5.74, 6) is 0.592. The van der Waals surface area contributed by atoms with Crippen molar-refractivity contribution in [2.75, 3.05) is 0 Å². The summed E-state index contributed by atoms with van der Waals surface area (Å²) in [6.07, 6.45) is 3.10. The standard InChI is InChI=1S/C39H23N5O/c1-4-16-30-24(10-1)26-14-7-15-27(25-13-8-21-35-36(25)29-12-3-6-20-34(29)45-35)38(26)43(30)32-18-9-19-33-37(32)28-11-2-5-17-31(28)44(33)39-41-22-40-23-42-39/h1-23H. The molecule has 4 aromatic heterocycles. The highest BCUT2D eigenvalue weighted by Gasteiger charge is 2.23. The Bertz CT molecular complexity index is 2770. The van der Waals surface area contributed by atoms with E-state index < -0.39 is 0 Å². The smallest absolute Gasteiger partial charge is 0.237 e. The van der Waals surface area contributed by atoms with Gasteiger partial charge in [-0.2, -0.15) is 0 Å². The molecule has 0 atom stereocenters. The van der Waals surface area contributed by atoms with Gasteiger partial charge in [0.15, 0.2) is 0 Å². The molecule has 0 fully saturated rings. The van der Waals surface area contributed by atoms with E-state index in [1.807, 2.05) is 12.1 Å². The molecule has 6 aromatic carbocycles. The van der Waals surface area contributed by atoms with Crippen molar-refractivity contribution in [1.29, 1.82) is 0 Å². The summed E-state index contributed by atoms with van der Waals surface area (Å²) in [6, 6.07) is 45.0. The number of hydrogen-bond acceptors (Lipinski definition) is 4. The molecule has 0 aliphatic heterocycles. The highest BCUT2D eigenvalue weighted by atomic mass is 16.3. The van der Waals surface area contributed by atoms with Crippen molar-refractivity contribution in [3.8, 4) is 22.8 Å². The monoisotopic (exact) mass is 577 g/mol. The van der Waals surface area contributed by atoms with Crippen LogP contribution in [0.4, 0.5) is 0 Å². The Balaban J connectivity index is 1.39. The van der Waals surface area contributed by atoms with Gasteiger partial charge in [-0.15, -0.1) is 0 Å². The lowest BCUT2D eigenvalue weighted by atomic mass is 9.97. The molecule has 0 radical (unpaired) electrons. The zero-order valence-electron chi connectivity index (χ0n) is 23.9. The molecule has 0 bridgehead atoms. The normalized spacial score (nSPS) is 12.0. The maximum Gasteiger partial charge on any atom is 0.237 e. The first-order valence-electron chi connectivity index (χ1n) is 14.9. The molecule has 0 aliphatic carbocycles. The summed E-state index contributed by atoms with van der Waals surface area (Å²) in [5.41, 5.74) is 9.55. The minimum absolute atomic E-state index is 0.592. The van der Waals surface area contributed by atoms with E-state index in [1.165, 1.54) is 10.8 Å². The molecule has 6 heteroatoms. The first kappa shape index (κ1) is 24.2. The Morgan fingerprint density at radius 3 is 1.93 bits per heavy atom. The number of furan rings is 1. The van der Waals surface area contributed by atoms with Gasteiger partial charge in [0.25, 0.3) is 0 Å². The molecule has 45 heavy (non-hydrogen) atoms. The van der Waals surface area contributed by atoms with Gasteiger partial charge >= 0.3 is 0 Å². The van der Waals surface area contributed by atoms with Crippen LogP contribution >= 0.6 is 0 Å². The Hall–Kier alpha value is -6.27. The fraction of sp³-hybridized carbons (Fsp3) is 0. The summed E-state index contributed by atoms with van der Waals surface area (Å²) < 4.78 is 10.9. The van der Waals surface area contributed by atoms with Crippen molar-refractivity contribution in [2.24, 2.45) is 0 Å². The number of fused-ring (bicyclic) bond motifs is 9. The number of benzene rings is 6. The summed E-state index contributed by atoms with van der Waals surface area (Å²) in [5, 5.41) is 6.92. The zero-order chi connectivity index (χ0) is 29.5. The van der Waals surface area contributed by atoms with Gasteiger partial charge in [-0.3, -0.25) is 4.57 Å².